The van der Waals surface area contributed by atoms with Crippen LogP contribution in [0.1, 0.15) is 50.1 Å². The molecule has 0 radical (unpaired) electrons. The average Bonchev–Trinajstić information content (AvgIpc) is 3.01. The van der Waals surface area contributed by atoms with Gasteiger partial charge in [0.2, 0.25) is 0 Å². The quantitative estimate of drug-likeness (QED) is 0.829. The first kappa shape index (κ1) is 10.3. The molecule has 1 aromatic rings. The van der Waals surface area contributed by atoms with E-state index in [0.29, 0.717) is 5.92 Å². The Morgan fingerprint density at radius 3 is 2.81 bits per heavy atom. The van der Waals surface area contributed by atoms with Crippen molar-refractivity contribution in [1.82, 2.24) is 15.1 Å². The molecular weight excluding hydrogens is 198 g/mol. The zero-order valence-corrected chi connectivity index (χ0v) is 9.86. The first-order valence-electron chi connectivity index (χ1n) is 6.67. The van der Waals surface area contributed by atoms with E-state index in [1.807, 2.05) is 6.20 Å². The van der Waals surface area contributed by atoms with Gasteiger partial charge in [0.25, 0.3) is 0 Å². The van der Waals surface area contributed by atoms with Crippen molar-refractivity contribution < 1.29 is 0 Å². The molecule has 88 valence electrons. The van der Waals surface area contributed by atoms with E-state index >= 15 is 0 Å². The minimum Gasteiger partial charge on any atom is -0.300 e. The van der Waals surface area contributed by atoms with Crippen LogP contribution in [0.3, 0.4) is 0 Å². The number of hydrogen-bond donors (Lipinski definition) is 1. The fraction of sp³-hybridized carbons (Fsp3) is 0.769. The van der Waals surface area contributed by atoms with E-state index in [2.05, 4.69) is 21.2 Å². The van der Waals surface area contributed by atoms with Gasteiger partial charge >= 0.3 is 0 Å². The van der Waals surface area contributed by atoms with Crippen molar-refractivity contribution in [1.29, 1.82) is 0 Å². The van der Waals surface area contributed by atoms with E-state index < -0.39 is 0 Å². The molecule has 0 unspecified atom stereocenters. The Morgan fingerprint density at radius 1 is 1.19 bits per heavy atom. The van der Waals surface area contributed by atoms with Gasteiger partial charge in [-0.05, 0) is 31.9 Å². The highest BCUT2D eigenvalue weighted by atomic mass is 15.2. The summed E-state index contributed by atoms with van der Waals surface area (Å²) in [5, 5.41) is 7.19. The Hall–Kier alpha value is -0.830. The lowest BCUT2D eigenvalue weighted by atomic mass is 9.94. The highest BCUT2D eigenvalue weighted by Crippen LogP contribution is 2.31. The molecule has 0 amide bonds. The van der Waals surface area contributed by atoms with Crippen molar-refractivity contribution in [3.05, 3.63) is 18.0 Å². The molecular formula is C13H21N3. The maximum absolute atomic E-state index is 4.06. The van der Waals surface area contributed by atoms with Crippen LogP contribution in [0, 0.1) is 0 Å². The van der Waals surface area contributed by atoms with Gasteiger partial charge in [0, 0.05) is 30.4 Å². The second-order valence-corrected chi connectivity index (χ2v) is 5.28. The van der Waals surface area contributed by atoms with Crippen molar-refractivity contribution >= 4 is 0 Å². The van der Waals surface area contributed by atoms with Gasteiger partial charge in [-0.1, -0.05) is 19.3 Å². The number of aromatic amines is 1. The van der Waals surface area contributed by atoms with E-state index in [-0.39, 0.29) is 0 Å². The van der Waals surface area contributed by atoms with E-state index in [9.17, 15) is 0 Å². The average molecular weight is 219 g/mol. The molecule has 2 aliphatic rings. The molecule has 1 aromatic heterocycles. The maximum atomic E-state index is 4.06. The molecule has 1 aliphatic heterocycles. The fourth-order valence-electron chi connectivity index (χ4n) is 3.31. The summed E-state index contributed by atoms with van der Waals surface area (Å²) in [7, 11) is 0. The number of hydrogen-bond acceptors (Lipinski definition) is 2. The van der Waals surface area contributed by atoms with E-state index in [1.54, 1.807) is 0 Å². The molecule has 3 nitrogen and oxygen atoms in total. The van der Waals surface area contributed by atoms with Crippen molar-refractivity contribution in [3.8, 4) is 0 Å². The number of H-pyrrole nitrogens is 1. The molecule has 1 saturated heterocycles. The van der Waals surface area contributed by atoms with Crippen molar-refractivity contribution in [3.63, 3.8) is 0 Å². The monoisotopic (exact) mass is 219 g/mol. The summed E-state index contributed by atoms with van der Waals surface area (Å²) in [6, 6.07) is 3.01. The summed E-state index contributed by atoms with van der Waals surface area (Å²) in [6.07, 6.45) is 10.4. The molecule has 0 bridgehead atoms. The molecule has 3 heteroatoms. The minimum atomic E-state index is 0.699. The van der Waals surface area contributed by atoms with Crippen LogP contribution in [0.5, 0.6) is 0 Å². The molecule has 1 aliphatic carbocycles. The lowest BCUT2D eigenvalue weighted by Gasteiger charge is -2.30. The lowest BCUT2D eigenvalue weighted by molar-refractivity contribution is 0.189. The molecule has 1 saturated carbocycles. The van der Waals surface area contributed by atoms with E-state index in [0.717, 1.165) is 6.04 Å². The topological polar surface area (TPSA) is 31.9 Å². The van der Waals surface area contributed by atoms with Crippen LogP contribution in [0.4, 0.5) is 0 Å². The number of likely N-dealkylation sites (tertiary alicyclic amines) is 1. The Balaban J connectivity index is 1.60. The van der Waals surface area contributed by atoms with Gasteiger partial charge < -0.3 is 0 Å². The highest BCUT2D eigenvalue weighted by Gasteiger charge is 2.30. The van der Waals surface area contributed by atoms with Crippen LogP contribution in [0.25, 0.3) is 0 Å². The van der Waals surface area contributed by atoms with Crippen LogP contribution >= 0.6 is 0 Å². The zero-order valence-electron chi connectivity index (χ0n) is 9.86. The smallest absolute Gasteiger partial charge is 0.0490 e. The second-order valence-electron chi connectivity index (χ2n) is 5.28. The fourth-order valence-corrected chi connectivity index (χ4v) is 3.31. The van der Waals surface area contributed by atoms with Crippen LogP contribution in [0.15, 0.2) is 12.3 Å². The minimum absolute atomic E-state index is 0.699. The Labute approximate surface area is 97.2 Å². The third-order valence-electron chi connectivity index (χ3n) is 4.27. The van der Waals surface area contributed by atoms with Gasteiger partial charge in [0.05, 0.1) is 0 Å². The first-order chi connectivity index (χ1) is 7.93. The third-order valence-corrected chi connectivity index (χ3v) is 4.27. The standard InChI is InChI=1S/C13H21N3/c1-2-4-12(5-3-1)16-9-7-11(10-16)13-6-8-14-15-13/h6,8,11-12H,1-5,7,9-10H2,(H,14,15)/t11-/m0/s1. The molecule has 2 fully saturated rings. The second kappa shape index (κ2) is 4.58. The van der Waals surface area contributed by atoms with Crippen LogP contribution in [0.2, 0.25) is 0 Å². The van der Waals surface area contributed by atoms with Crippen LogP contribution in [-0.4, -0.2) is 34.2 Å². The van der Waals surface area contributed by atoms with Gasteiger partial charge in [-0.3, -0.25) is 10.00 Å². The summed E-state index contributed by atoms with van der Waals surface area (Å²) in [5.74, 6) is 0.699. The van der Waals surface area contributed by atoms with Gasteiger partial charge in [-0.15, -0.1) is 0 Å². The van der Waals surface area contributed by atoms with E-state index in [4.69, 9.17) is 0 Å². The highest BCUT2D eigenvalue weighted by molar-refractivity contribution is 5.09. The van der Waals surface area contributed by atoms with Gasteiger partial charge in [0.1, 0.15) is 0 Å². The zero-order chi connectivity index (χ0) is 10.8. The number of nitrogens with zero attached hydrogens (tertiary/aromatic N) is 2. The Bertz CT molecular complexity index is 314. The molecule has 2 heterocycles. The first-order valence-corrected chi connectivity index (χ1v) is 6.67. The molecule has 0 aromatic carbocycles. The SMILES string of the molecule is c1cc([C@H]2CCN(C3CCCCC3)C2)[nH]n1. The summed E-state index contributed by atoms with van der Waals surface area (Å²) in [5.41, 5.74) is 1.33. The number of aromatic nitrogens is 2. The Kier molecular flexibility index (Phi) is 2.96. The molecule has 16 heavy (non-hydrogen) atoms. The van der Waals surface area contributed by atoms with Gasteiger partial charge in [-0.2, -0.15) is 5.10 Å². The van der Waals surface area contributed by atoms with Gasteiger partial charge in [0.15, 0.2) is 0 Å². The van der Waals surface area contributed by atoms with Crippen LogP contribution in [-0.2, 0) is 0 Å². The maximum Gasteiger partial charge on any atom is 0.0490 e. The third kappa shape index (κ3) is 2.01. The number of nitrogens with one attached hydrogen (secondary N) is 1. The lowest BCUT2D eigenvalue weighted by Crippen LogP contribution is -2.34. The normalized spacial score (nSPS) is 28.6. The van der Waals surface area contributed by atoms with Crippen molar-refractivity contribution in [2.45, 2.75) is 50.5 Å². The van der Waals surface area contributed by atoms with Crippen molar-refractivity contribution in [2.75, 3.05) is 13.1 Å². The largest absolute Gasteiger partial charge is 0.300 e. The predicted octanol–water partition coefficient (Wildman–Crippen LogP) is 2.53. The van der Waals surface area contributed by atoms with E-state index in [1.165, 1.54) is 57.3 Å². The van der Waals surface area contributed by atoms with Crippen molar-refractivity contribution in [2.24, 2.45) is 0 Å². The molecule has 1 N–H and O–H groups in total. The Morgan fingerprint density at radius 2 is 2.06 bits per heavy atom. The molecule has 3 rings (SSSR count). The summed E-state index contributed by atoms with van der Waals surface area (Å²) >= 11 is 0. The molecule has 0 spiro atoms. The summed E-state index contributed by atoms with van der Waals surface area (Å²) in [4.78, 5) is 2.71. The summed E-state index contributed by atoms with van der Waals surface area (Å²) in [6.45, 7) is 2.53. The molecule has 1 atom stereocenters. The predicted molar refractivity (Wildman–Crippen MR) is 64.4 cm³/mol. The van der Waals surface area contributed by atoms with Gasteiger partial charge in [-0.25, -0.2) is 0 Å². The van der Waals surface area contributed by atoms with Crippen LogP contribution < -0.4 is 0 Å². The summed E-state index contributed by atoms with van der Waals surface area (Å²) < 4.78 is 0. The number of rotatable bonds is 2.